The first-order valence-corrected chi connectivity index (χ1v) is 5.47. The minimum Gasteiger partial charge on any atom is -0.460 e. The molecule has 0 amide bonds. The number of ether oxygens (including phenoxy) is 2. The van der Waals surface area contributed by atoms with Crippen LogP contribution >= 0.6 is 0 Å². The first-order chi connectivity index (χ1) is 8.29. The third-order valence-corrected chi connectivity index (χ3v) is 2.46. The van der Waals surface area contributed by atoms with Crippen LogP contribution in [0.3, 0.4) is 0 Å². The highest BCUT2D eigenvalue weighted by Crippen LogP contribution is 2.24. The monoisotopic (exact) mass is 230 g/mol. The fraction of sp³-hybridized carbons (Fsp3) is 0.214. The predicted octanol–water partition coefficient (Wildman–Crippen LogP) is 2.20. The Balaban J connectivity index is 1.75. The van der Waals surface area contributed by atoms with Crippen molar-refractivity contribution in [3.8, 4) is 0 Å². The van der Waals surface area contributed by atoms with Crippen molar-refractivity contribution in [3.05, 3.63) is 54.6 Å². The highest BCUT2D eigenvalue weighted by atomic mass is 16.6. The number of rotatable bonds is 5. The molecule has 0 saturated carbocycles. The zero-order valence-electron chi connectivity index (χ0n) is 9.41. The number of hydrogen-bond acceptors (Lipinski definition) is 3. The van der Waals surface area contributed by atoms with Crippen LogP contribution in [-0.2, 0) is 14.3 Å². The molecule has 2 atom stereocenters. The lowest BCUT2D eigenvalue weighted by Crippen LogP contribution is -2.08. The van der Waals surface area contributed by atoms with Crippen molar-refractivity contribution >= 4 is 12.0 Å². The van der Waals surface area contributed by atoms with E-state index in [1.807, 2.05) is 42.5 Å². The van der Waals surface area contributed by atoms with Crippen molar-refractivity contribution in [2.24, 2.45) is 0 Å². The molecular formula is C14H14O3. The van der Waals surface area contributed by atoms with E-state index in [4.69, 9.17) is 9.47 Å². The zero-order valence-corrected chi connectivity index (χ0v) is 9.41. The average molecular weight is 230 g/mol. The van der Waals surface area contributed by atoms with E-state index in [0.717, 1.165) is 11.6 Å². The molecular weight excluding hydrogens is 216 g/mol. The molecule has 3 nitrogen and oxygen atoms in total. The van der Waals surface area contributed by atoms with Crippen LogP contribution < -0.4 is 0 Å². The minimum absolute atomic E-state index is 0.0149. The lowest BCUT2D eigenvalue weighted by molar-refractivity contribution is -0.138. The van der Waals surface area contributed by atoms with Gasteiger partial charge in [-0.25, -0.2) is 4.79 Å². The fourth-order valence-electron chi connectivity index (χ4n) is 1.45. The molecule has 1 aromatic rings. The fourth-order valence-corrected chi connectivity index (χ4v) is 1.45. The van der Waals surface area contributed by atoms with E-state index in [1.54, 1.807) is 0 Å². The molecule has 1 aromatic carbocycles. The summed E-state index contributed by atoms with van der Waals surface area (Å²) in [6, 6.07) is 9.98. The van der Waals surface area contributed by atoms with E-state index in [1.165, 1.54) is 0 Å². The van der Waals surface area contributed by atoms with Gasteiger partial charge in [-0.2, -0.15) is 0 Å². The molecule has 0 bridgehead atoms. The Bertz CT molecular complexity index is 422. The van der Waals surface area contributed by atoms with Gasteiger partial charge in [0.1, 0.15) is 18.8 Å². The number of benzene rings is 1. The lowest BCUT2D eigenvalue weighted by Gasteiger charge is -1.96. The molecule has 1 fully saturated rings. The summed E-state index contributed by atoms with van der Waals surface area (Å²) in [4.78, 5) is 10.8. The Morgan fingerprint density at radius 2 is 2.18 bits per heavy atom. The first-order valence-electron chi connectivity index (χ1n) is 5.47. The Labute approximate surface area is 100 Å². The molecule has 0 radical (unpaired) electrons. The van der Waals surface area contributed by atoms with Crippen LogP contribution in [0.4, 0.5) is 0 Å². The second-order valence-corrected chi connectivity index (χ2v) is 3.74. The quantitative estimate of drug-likeness (QED) is 0.442. The third-order valence-electron chi connectivity index (χ3n) is 2.46. The molecule has 88 valence electrons. The normalized spacial score (nSPS) is 22.4. The minimum atomic E-state index is -0.411. The highest BCUT2D eigenvalue weighted by molar-refractivity contribution is 5.81. The summed E-state index contributed by atoms with van der Waals surface area (Å²) >= 11 is 0. The van der Waals surface area contributed by atoms with Gasteiger partial charge in [0.2, 0.25) is 0 Å². The standard InChI is InChI=1S/C14H14O3/c1-2-14(15)16-10-13-12(17-13)9-8-11-6-4-3-5-7-11/h2-9,12-13H,1,10H2. The van der Waals surface area contributed by atoms with E-state index in [2.05, 4.69) is 6.58 Å². The average Bonchev–Trinajstić information content (AvgIpc) is 3.13. The van der Waals surface area contributed by atoms with E-state index in [0.29, 0.717) is 0 Å². The molecule has 2 rings (SSSR count). The van der Waals surface area contributed by atoms with Crippen LogP contribution in [0.1, 0.15) is 5.56 Å². The van der Waals surface area contributed by atoms with E-state index >= 15 is 0 Å². The van der Waals surface area contributed by atoms with Gasteiger partial charge in [-0.1, -0.05) is 49.1 Å². The summed E-state index contributed by atoms with van der Waals surface area (Å²) < 4.78 is 10.2. The second kappa shape index (κ2) is 5.46. The topological polar surface area (TPSA) is 38.8 Å². The van der Waals surface area contributed by atoms with Crippen LogP contribution in [0, 0.1) is 0 Å². The first kappa shape index (κ1) is 11.6. The van der Waals surface area contributed by atoms with E-state index in [9.17, 15) is 4.79 Å². The van der Waals surface area contributed by atoms with E-state index < -0.39 is 5.97 Å². The number of hydrogen-bond donors (Lipinski definition) is 0. The van der Waals surface area contributed by atoms with Gasteiger partial charge in [-0.3, -0.25) is 0 Å². The summed E-state index contributed by atoms with van der Waals surface area (Å²) in [6.45, 7) is 3.61. The van der Waals surface area contributed by atoms with Crippen molar-refractivity contribution in [1.29, 1.82) is 0 Å². The van der Waals surface area contributed by atoms with Crippen LogP contribution in [-0.4, -0.2) is 24.8 Å². The van der Waals surface area contributed by atoms with Gasteiger partial charge in [0.25, 0.3) is 0 Å². The Kier molecular flexibility index (Phi) is 3.73. The number of carbonyl (C=O) groups excluding carboxylic acids is 1. The summed E-state index contributed by atoms with van der Waals surface area (Å²) in [7, 11) is 0. The molecule has 3 heteroatoms. The van der Waals surface area contributed by atoms with Gasteiger partial charge in [0.15, 0.2) is 0 Å². The SMILES string of the molecule is C=CC(=O)OCC1OC1C=Cc1ccccc1. The van der Waals surface area contributed by atoms with Gasteiger partial charge < -0.3 is 9.47 Å². The molecule has 1 saturated heterocycles. The summed E-state index contributed by atoms with van der Waals surface area (Å²) in [5, 5.41) is 0. The van der Waals surface area contributed by atoms with E-state index in [-0.39, 0.29) is 18.8 Å². The van der Waals surface area contributed by atoms with Crippen molar-refractivity contribution in [2.75, 3.05) is 6.61 Å². The number of carbonyl (C=O) groups is 1. The van der Waals surface area contributed by atoms with Gasteiger partial charge in [0.05, 0.1) is 0 Å². The maximum absolute atomic E-state index is 10.8. The van der Waals surface area contributed by atoms with Crippen molar-refractivity contribution in [3.63, 3.8) is 0 Å². The van der Waals surface area contributed by atoms with Crippen LogP contribution in [0.5, 0.6) is 0 Å². The maximum Gasteiger partial charge on any atom is 0.330 e. The number of epoxide rings is 1. The molecule has 0 spiro atoms. The second-order valence-electron chi connectivity index (χ2n) is 3.74. The van der Waals surface area contributed by atoms with Crippen molar-refractivity contribution < 1.29 is 14.3 Å². The highest BCUT2D eigenvalue weighted by Gasteiger charge is 2.37. The van der Waals surface area contributed by atoms with Crippen LogP contribution in [0.2, 0.25) is 0 Å². The zero-order chi connectivity index (χ0) is 12.1. The lowest BCUT2D eigenvalue weighted by atomic mass is 10.2. The van der Waals surface area contributed by atoms with Gasteiger partial charge >= 0.3 is 5.97 Å². The molecule has 2 unspecified atom stereocenters. The molecule has 17 heavy (non-hydrogen) atoms. The van der Waals surface area contributed by atoms with Gasteiger partial charge in [-0.05, 0) is 5.56 Å². The van der Waals surface area contributed by atoms with Crippen LogP contribution in [0.25, 0.3) is 6.08 Å². The molecule has 1 heterocycles. The van der Waals surface area contributed by atoms with Crippen LogP contribution in [0.15, 0.2) is 49.1 Å². The number of esters is 1. The Morgan fingerprint density at radius 3 is 2.88 bits per heavy atom. The molecule has 0 aromatic heterocycles. The summed E-state index contributed by atoms with van der Waals surface area (Å²) in [6.07, 6.45) is 5.16. The Morgan fingerprint density at radius 1 is 1.41 bits per heavy atom. The smallest absolute Gasteiger partial charge is 0.330 e. The molecule has 1 aliphatic rings. The largest absolute Gasteiger partial charge is 0.460 e. The van der Waals surface area contributed by atoms with Crippen molar-refractivity contribution in [2.45, 2.75) is 12.2 Å². The van der Waals surface area contributed by atoms with Gasteiger partial charge in [-0.15, -0.1) is 0 Å². The predicted molar refractivity (Wildman–Crippen MR) is 65.3 cm³/mol. The molecule has 0 N–H and O–H groups in total. The molecule has 0 aliphatic carbocycles. The molecule has 1 aliphatic heterocycles. The third kappa shape index (κ3) is 3.57. The van der Waals surface area contributed by atoms with Crippen molar-refractivity contribution in [1.82, 2.24) is 0 Å². The summed E-state index contributed by atoms with van der Waals surface area (Å²) in [5.41, 5.74) is 1.13. The maximum atomic E-state index is 10.8. The van der Waals surface area contributed by atoms with Gasteiger partial charge in [0, 0.05) is 6.08 Å². The Hall–Kier alpha value is -1.87. The summed E-state index contributed by atoms with van der Waals surface area (Å²) in [5.74, 6) is -0.411.